The predicted octanol–water partition coefficient (Wildman–Crippen LogP) is 2.97. The van der Waals surface area contributed by atoms with Gasteiger partial charge in [0.25, 0.3) is 0 Å². The number of carbonyl (C=O) groups is 1. The standard InChI is InChI=1S/C14H13IN2O2/c1-8-5-6-9(15)7-12(8)17-11-4-2-3-10(11)13(16-17)14(18)19/h5-7H,2-4H2,1H3,(H,18,19). The third-order valence-electron chi connectivity index (χ3n) is 3.53. The van der Waals surface area contributed by atoms with Crippen molar-refractivity contribution in [3.8, 4) is 5.69 Å². The highest BCUT2D eigenvalue weighted by Crippen LogP contribution is 2.29. The summed E-state index contributed by atoms with van der Waals surface area (Å²) in [7, 11) is 0. The molecule has 0 bridgehead atoms. The zero-order chi connectivity index (χ0) is 13.6. The Labute approximate surface area is 124 Å². The lowest BCUT2D eigenvalue weighted by Crippen LogP contribution is -2.06. The van der Waals surface area contributed by atoms with Crippen LogP contribution in [0.3, 0.4) is 0 Å². The highest BCUT2D eigenvalue weighted by Gasteiger charge is 2.27. The Kier molecular flexibility index (Phi) is 3.08. The van der Waals surface area contributed by atoms with Gasteiger partial charge in [0.05, 0.1) is 5.69 Å². The van der Waals surface area contributed by atoms with Crippen LogP contribution in [-0.2, 0) is 12.8 Å². The van der Waals surface area contributed by atoms with E-state index < -0.39 is 5.97 Å². The number of aromatic carboxylic acids is 1. The third-order valence-corrected chi connectivity index (χ3v) is 4.20. The average Bonchev–Trinajstić information content (AvgIpc) is 2.93. The largest absolute Gasteiger partial charge is 0.476 e. The summed E-state index contributed by atoms with van der Waals surface area (Å²) in [4.78, 5) is 11.3. The van der Waals surface area contributed by atoms with E-state index in [1.54, 1.807) is 0 Å². The number of halogens is 1. The van der Waals surface area contributed by atoms with E-state index in [1.165, 1.54) is 0 Å². The molecule has 1 aromatic heterocycles. The third kappa shape index (κ3) is 2.05. The number of hydrogen-bond acceptors (Lipinski definition) is 2. The normalized spacial score (nSPS) is 13.6. The molecule has 0 atom stereocenters. The number of hydrogen-bond donors (Lipinski definition) is 1. The summed E-state index contributed by atoms with van der Waals surface area (Å²) >= 11 is 2.26. The first-order valence-electron chi connectivity index (χ1n) is 6.18. The molecule has 0 spiro atoms. The van der Waals surface area contributed by atoms with Crippen molar-refractivity contribution in [2.75, 3.05) is 0 Å². The second-order valence-corrected chi connectivity index (χ2v) is 6.02. The zero-order valence-electron chi connectivity index (χ0n) is 10.5. The van der Waals surface area contributed by atoms with Crippen LogP contribution in [0, 0.1) is 10.5 Å². The summed E-state index contributed by atoms with van der Waals surface area (Å²) in [6, 6.07) is 6.13. The monoisotopic (exact) mass is 368 g/mol. The van der Waals surface area contributed by atoms with E-state index in [-0.39, 0.29) is 5.69 Å². The van der Waals surface area contributed by atoms with E-state index in [0.29, 0.717) is 0 Å². The van der Waals surface area contributed by atoms with Gasteiger partial charge in [0, 0.05) is 14.8 Å². The topological polar surface area (TPSA) is 55.1 Å². The molecule has 1 aliphatic rings. The molecule has 1 aliphatic carbocycles. The van der Waals surface area contributed by atoms with Crippen molar-refractivity contribution in [3.05, 3.63) is 44.3 Å². The molecule has 0 amide bonds. The Morgan fingerprint density at radius 1 is 1.42 bits per heavy atom. The number of carboxylic acid groups (broad SMARTS) is 1. The summed E-state index contributed by atoms with van der Waals surface area (Å²) in [5, 5.41) is 13.6. The van der Waals surface area contributed by atoms with Gasteiger partial charge in [-0.3, -0.25) is 0 Å². The summed E-state index contributed by atoms with van der Waals surface area (Å²) in [5.41, 5.74) is 4.27. The molecule has 19 heavy (non-hydrogen) atoms. The lowest BCUT2D eigenvalue weighted by molar-refractivity contribution is 0.0689. The van der Waals surface area contributed by atoms with Crippen LogP contribution in [0.1, 0.15) is 33.7 Å². The van der Waals surface area contributed by atoms with Crippen LogP contribution in [0.25, 0.3) is 5.69 Å². The molecule has 3 rings (SSSR count). The van der Waals surface area contributed by atoms with Gasteiger partial charge in [0.15, 0.2) is 5.69 Å². The Bertz CT molecular complexity index is 676. The molecule has 0 fully saturated rings. The Morgan fingerprint density at radius 3 is 2.95 bits per heavy atom. The van der Waals surface area contributed by atoms with Gasteiger partial charge < -0.3 is 5.11 Å². The van der Waals surface area contributed by atoms with Crippen LogP contribution in [0.2, 0.25) is 0 Å². The van der Waals surface area contributed by atoms with Gasteiger partial charge in [-0.15, -0.1) is 0 Å². The highest BCUT2D eigenvalue weighted by molar-refractivity contribution is 14.1. The minimum absolute atomic E-state index is 0.214. The number of benzene rings is 1. The fourth-order valence-corrected chi connectivity index (χ4v) is 3.09. The quantitative estimate of drug-likeness (QED) is 0.830. The number of nitrogens with zero attached hydrogens (tertiary/aromatic N) is 2. The summed E-state index contributed by atoms with van der Waals surface area (Å²) in [6.45, 7) is 2.02. The molecule has 0 radical (unpaired) electrons. The summed E-state index contributed by atoms with van der Waals surface area (Å²) < 4.78 is 2.95. The van der Waals surface area contributed by atoms with Gasteiger partial charge in [0.1, 0.15) is 0 Å². The highest BCUT2D eigenvalue weighted by atomic mass is 127. The number of rotatable bonds is 2. The second kappa shape index (κ2) is 4.63. The molecule has 1 N–H and O–H groups in total. The maximum atomic E-state index is 11.3. The minimum atomic E-state index is -0.930. The smallest absolute Gasteiger partial charge is 0.356 e. The van der Waals surface area contributed by atoms with Crippen molar-refractivity contribution in [2.24, 2.45) is 0 Å². The average molecular weight is 368 g/mol. The van der Waals surface area contributed by atoms with E-state index in [0.717, 1.165) is 45.3 Å². The molecular weight excluding hydrogens is 355 g/mol. The van der Waals surface area contributed by atoms with Crippen molar-refractivity contribution in [2.45, 2.75) is 26.2 Å². The van der Waals surface area contributed by atoms with Gasteiger partial charge in [-0.25, -0.2) is 9.48 Å². The van der Waals surface area contributed by atoms with Gasteiger partial charge in [-0.2, -0.15) is 5.10 Å². The SMILES string of the molecule is Cc1ccc(I)cc1-n1nc(C(=O)O)c2c1CCC2. The molecule has 5 heteroatoms. The molecule has 0 unspecified atom stereocenters. The molecular formula is C14H13IN2O2. The van der Waals surface area contributed by atoms with Crippen molar-refractivity contribution in [1.29, 1.82) is 0 Å². The molecule has 1 heterocycles. The lowest BCUT2D eigenvalue weighted by atomic mass is 10.2. The van der Waals surface area contributed by atoms with Crippen LogP contribution >= 0.6 is 22.6 Å². The predicted molar refractivity (Wildman–Crippen MR) is 80.0 cm³/mol. The van der Waals surface area contributed by atoms with E-state index >= 15 is 0 Å². The number of aromatic nitrogens is 2. The summed E-state index contributed by atoms with van der Waals surface area (Å²) in [6.07, 6.45) is 2.73. The minimum Gasteiger partial charge on any atom is -0.476 e. The number of fused-ring (bicyclic) bond motifs is 1. The first-order valence-corrected chi connectivity index (χ1v) is 7.26. The molecule has 0 saturated heterocycles. The fourth-order valence-electron chi connectivity index (χ4n) is 2.62. The van der Waals surface area contributed by atoms with Crippen LogP contribution in [0.4, 0.5) is 0 Å². The second-order valence-electron chi connectivity index (χ2n) is 4.78. The fraction of sp³-hybridized carbons (Fsp3) is 0.286. The van der Waals surface area contributed by atoms with Gasteiger partial charge in [-0.05, 0) is 66.5 Å². The van der Waals surface area contributed by atoms with Crippen LogP contribution in [0.5, 0.6) is 0 Å². The van der Waals surface area contributed by atoms with E-state index in [1.807, 2.05) is 29.8 Å². The van der Waals surface area contributed by atoms with Gasteiger partial charge in [0.2, 0.25) is 0 Å². The van der Waals surface area contributed by atoms with Crippen LogP contribution in [-0.4, -0.2) is 20.9 Å². The van der Waals surface area contributed by atoms with Crippen LogP contribution in [0.15, 0.2) is 18.2 Å². The van der Waals surface area contributed by atoms with Crippen molar-refractivity contribution < 1.29 is 9.90 Å². The van der Waals surface area contributed by atoms with E-state index in [4.69, 9.17) is 0 Å². The Balaban J connectivity index is 2.23. The maximum absolute atomic E-state index is 11.3. The molecule has 2 aromatic rings. The Hall–Kier alpha value is -1.37. The first-order chi connectivity index (χ1) is 9.08. The molecule has 4 nitrogen and oxygen atoms in total. The number of carboxylic acids is 1. The van der Waals surface area contributed by atoms with Crippen molar-refractivity contribution in [3.63, 3.8) is 0 Å². The van der Waals surface area contributed by atoms with E-state index in [9.17, 15) is 9.90 Å². The van der Waals surface area contributed by atoms with Crippen molar-refractivity contribution in [1.82, 2.24) is 9.78 Å². The molecule has 0 aliphatic heterocycles. The first kappa shape index (κ1) is 12.7. The maximum Gasteiger partial charge on any atom is 0.356 e. The molecule has 0 saturated carbocycles. The summed E-state index contributed by atoms with van der Waals surface area (Å²) in [5.74, 6) is -0.930. The number of aryl methyl sites for hydroxylation is 1. The molecule has 1 aromatic carbocycles. The van der Waals surface area contributed by atoms with E-state index in [2.05, 4.69) is 27.7 Å². The zero-order valence-corrected chi connectivity index (χ0v) is 12.6. The lowest BCUT2D eigenvalue weighted by Gasteiger charge is -2.09. The Morgan fingerprint density at radius 2 is 2.21 bits per heavy atom. The van der Waals surface area contributed by atoms with Gasteiger partial charge >= 0.3 is 5.97 Å². The van der Waals surface area contributed by atoms with Crippen LogP contribution < -0.4 is 0 Å². The molecule has 98 valence electrons. The van der Waals surface area contributed by atoms with Gasteiger partial charge in [-0.1, -0.05) is 6.07 Å². The van der Waals surface area contributed by atoms with Crippen molar-refractivity contribution >= 4 is 28.6 Å².